The van der Waals surface area contributed by atoms with Crippen molar-refractivity contribution in [3.63, 3.8) is 0 Å². The summed E-state index contributed by atoms with van der Waals surface area (Å²) in [4.78, 5) is 30.4. The van der Waals surface area contributed by atoms with Gasteiger partial charge in [-0.1, -0.05) is 0 Å². The average Bonchev–Trinajstić information content (AvgIpc) is 2.38. The molecule has 0 aromatic heterocycles. The van der Waals surface area contributed by atoms with Gasteiger partial charge in [0.2, 0.25) is 0 Å². The minimum atomic E-state index is -1.18. The lowest BCUT2D eigenvalue weighted by molar-refractivity contribution is -0.393. The molecule has 1 rings (SSSR count). The van der Waals surface area contributed by atoms with Crippen molar-refractivity contribution in [2.75, 3.05) is 11.9 Å². The monoisotopic (exact) mass is 284 g/mol. The molecule has 0 aliphatic rings. The van der Waals surface area contributed by atoms with Crippen molar-refractivity contribution in [3.8, 4) is 0 Å². The lowest BCUT2D eigenvalue weighted by Crippen LogP contribution is -2.32. The van der Waals surface area contributed by atoms with Crippen molar-refractivity contribution in [2.45, 2.75) is 12.5 Å². The summed E-state index contributed by atoms with van der Waals surface area (Å²) in [5.41, 5.74) is 4.49. The maximum Gasteiger partial charge on any atom is 0.320 e. The Balaban J connectivity index is 2.82. The number of hydrogen-bond acceptors (Lipinski definition) is 7. The van der Waals surface area contributed by atoms with Gasteiger partial charge in [0.25, 0.3) is 11.4 Å². The van der Waals surface area contributed by atoms with Crippen LogP contribution in [0.5, 0.6) is 0 Å². The van der Waals surface area contributed by atoms with Gasteiger partial charge in [0.15, 0.2) is 0 Å². The quantitative estimate of drug-likeness (QED) is 0.487. The van der Waals surface area contributed by atoms with Crippen LogP contribution >= 0.6 is 0 Å². The molecule has 0 radical (unpaired) electrons. The Morgan fingerprint density at radius 3 is 2.50 bits per heavy atom. The minimum absolute atomic E-state index is 0.0590. The van der Waals surface area contributed by atoms with E-state index in [4.69, 9.17) is 10.8 Å². The fourth-order valence-electron chi connectivity index (χ4n) is 1.42. The molecule has 20 heavy (non-hydrogen) atoms. The van der Waals surface area contributed by atoms with Gasteiger partial charge < -0.3 is 16.2 Å². The van der Waals surface area contributed by atoms with Crippen LogP contribution in [-0.2, 0) is 4.79 Å². The first-order valence-corrected chi connectivity index (χ1v) is 5.48. The number of rotatable bonds is 7. The second kappa shape index (κ2) is 6.43. The number of nitrogens with one attached hydrogen (secondary N) is 1. The molecular formula is C10H12N4O6. The molecule has 0 spiro atoms. The highest BCUT2D eigenvalue weighted by molar-refractivity contribution is 5.73. The summed E-state index contributed by atoms with van der Waals surface area (Å²) < 4.78 is 0. The van der Waals surface area contributed by atoms with E-state index in [-0.39, 0.29) is 18.7 Å². The summed E-state index contributed by atoms with van der Waals surface area (Å²) in [7, 11) is 0. The van der Waals surface area contributed by atoms with Crippen LogP contribution in [0.4, 0.5) is 17.1 Å². The highest BCUT2D eigenvalue weighted by atomic mass is 16.6. The zero-order valence-electron chi connectivity index (χ0n) is 10.2. The molecule has 0 bridgehead atoms. The van der Waals surface area contributed by atoms with Crippen molar-refractivity contribution >= 4 is 23.0 Å². The third kappa shape index (κ3) is 3.88. The molecule has 1 atom stereocenters. The van der Waals surface area contributed by atoms with Gasteiger partial charge in [-0.05, 0) is 12.5 Å². The van der Waals surface area contributed by atoms with E-state index in [0.29, 0.717) is 0 Å². The molecule has 1 aromatic rings. The van der Waals surface area contributed by atoms with Gasteiger partial charge >= 0.3 is 5.97 Å². The summed E-state index contributed by atoms with van der Waals surface area (Å²) >= 11 is 0. The van der Waals surface area contributed by atoms with E-state index in [1.165, 1.54) is 6.07 Å². The van der Waals surface area contributed by atoms with Crippen LogP contribution in [0.2, 0.25) is 0 Å². The van der Waals surface area contributed by atoms with E-state index in [9.17, 15) is 25.0 Å². The number of nitro benzene ring substituents is 2. The molecule has 0 heterocycles. The molecular weight excluding hydrogens is 272 g/mol. The zero-order valence-corrected chi connectivity index (χ0v) is 10.2. The Morgan fingerprint density at radius 2 is 2.00 bits per heavy atom. The van der Waals surface area contributed by atoms with Crippen LogP contribution in [0.15, 0.2) is 18.2 Å². The number of carbonyl (C=O) groups is 1. The Bertz CT molecular complexity index is 547. The number of nitrogens with zero attached hydrogens (tertiary/aromatic N) is 2. The lowest BCUT2D eigenvalue weighted by atomic mass is 10.2. The van der Waals surface area contributed by atoms with E-state index in [0.717, 1.165) is 12.1 Å². The normalized spacial score (nSPS) is 11.7. The highest BCUT2D eigenvalue weighted by Crippen LogP contribution is 2.28. The van der Waals surface area contributed by atoms with Crippen LogP contribution in [0.3, 0.4) is 0 Å². The number of non-ortho nitro benzene ring substituents is 1. The minimum Gasteiger partial charge on any atom is -0.480 e. The molecule has 1 aromatic carbocycles. The maximum absolute atomic E-state index is 10.8. The molecule has 10 nitrogen and oxygen atoms in total. The molecule has 0 aliphatic heterocycles. The number of hydrogen-bond donors (Lipinski definition) is 3. The number of benzene rings is 1. The van der Waals surface area contributed by atoms with E-state index < -0.39 is 33.2 Å². The van der Waals surface area contributed by atoms with Crippen LogP contribution in [0, 0.1) is 20.2 Å². The number of nitrogens with two attached hydrogens (primary N) is 1. The molecule has 1 unspecified atom stereocenters. The predicted molar refractivity (Wildman–Crippen MR) is 68.5 cm³/mol. The third-order valence-corrected chi connectivity index (χ3v) is 2.48. The fourth-order valence-corrected chi connectivity index (χ4v) is 1.42. The smallest absolute Gasteiger partial charge is 0.320 e. The molecule has 4 N–H and O–H groups in total. The fraction of sp³-hybridized carbons (Fsp3) is 0.300. The first kappa shape index (κ1) is 15.3. The zero-order chi connectivity index (χ0) is 15.3. The number of carboxylic acids is 1. The van der Waals surface area contributed by atoms with E-state index in [1.807, 2.05) is 0 Å². The molecule has 0 fully saturated rings. The maximum atomic E-state index is 10.8. The van der Waals surface area contributed by atoms with Crippen molar-refractivity contribution in [3.05, 3.63) is 38.4 Å². The van der Waals surface area contributed by atoms with Crippen LogP contribution in [-0.4, -0.2) is 33.5 Å². The summed E-state index contributed by atoms with van der Waals surface area (Å²) in [5.74, 6) is -1.18. The third-order valence-electron chi connectivity index (χ3n) is 2.48. The summed E-state index contributed by atoms with van der Waals surface area (Å²) in [6.45, 7) is 0.0894. The summed E-state index contributed by atoms with van der Waals surface area (Å²) in [6.07, 6.45) is 0.0590. The first-order chi connectivity index (χ1) is 9.32. The molecule has 10 heteroatoms. The number of anilines is 1. The van der Waals surface area contributed by atoms with Crippen molar-refractivity contribution in [1.29, 1.82) is 0 Å². The second-order valence-electron chi connectivity index (χ2n) is 3.88. The number of aliphatic carboxylic acids is 1. The van der Waals surface area contributed by atoms with E-state index >= 15 is 0 Å². The number of carboxylic acid groups (broad SMARTS) is 1. The Morgan fingerprint density at radius 1 is 1.35 bits per heavy atom. The van der Waals surface area contributed by atoms with Gasteiger partial charge in [-0.15, -0.1) is 0 Å². The predicted octanol–water partition coefficient (Wildman–Crippen LogP) is 0.717. The average molecular weight is 284 g/mol. The SMILES string of the molecule is NC(CCNc1ccc([N+](=O)[O-])cc1[N+](=O)[O-])C(=O)O. The Kier molecular flexibility index (Phi) is 4.92. The van der Waals surface area contributed by atoms with Gasteiger partial charge in [-0.3, -0.25) is 25.0 Å². The van der Waals surface area contributed by atoms with Gasteiger partial charge in [-0.25, -0.2) is 0 Å². The van der Waals surface area contributed by atoms with Crippen LogP contribution in [0.1, 0.15) is 6.42 Å². The van der Waals surface area contributed by atoms with E-state index in [1.54, 1.807) is 0 Å². The van der Waals surface area contributed by atoms with Crippen molar-refractivity contribution < 1.29 is 19.7 Å². The van der Waals surface area contributed by atoms with Gasteiger partial charge in [0, 0.05) is 12.6 Å². The van der Waals surface area contributed by atoms with Crippen molar-refractivity contribution in [1.82, 2.24) is 0 Å². The highest BCUT2D eigenvalue weighted by Gasteiger charge is 2.19. The topological polar surface area (TPSA) is 162 Å². The van der Waals surface area contributed by atoms with Crippen molar-refractivity contribution in [2.24, 2.45) is 5.73 Å². The van der Waals surface area contributed by atoms with Crippen LogP contribution in [0.25, 0.3) is 0 Å². The van der Waals surface area contributed by atoms with Gasteiger partial charge in [0.05, 0.1) is 15.9 Å². The van der Waals surface area contributed by atoms with Gasteiger partial charge in [0.1, 0.15) is 11.7 Å². The Labute approximate surface area is 112 Å². The molecule has 0 saturated heterocycles. The largest absolute Gasteiger partial charge is 0.480 e. The second-order valence-corrected chi connectivity index (χ2v) is 3.88. The van der Waals surface area contributed by atoms with Crippen LogP contribution < -0.4 is 11.1 Å². The summed E-state index contributed by atoms with van der Waals surface area (Å²) in [5, 5.41) is 32.6. The van der Waals surface area contributed by atoms with E-state index in [2.05, 4.69) is 5.32 Å². The molecule has 0 aliphatic carbocycles. The molecule has 0 amide bonds. The number of nitro groups is 2. The molecule has 108 valence electrons. The standard InChI is InChI=1S/C10H12N4O6/c11-7(10(15)16)3-4-12-8-2-1-6(13(17)18)5-9(8)14(19)20/h1-2,5,7,12H,3-4,11H2,(H,15,16). The first-order valence-electron chi connectivity index (χ1n) is 5.48. The molecule has 0 saturated carbocycles. The lowest BCUT2D eigenvalue weighted by Gasteiger charge is -2.09. The Hall–Kier alpha value is -2.75. The summed E-state index contributed by atoms with van der Waals surface area (Å²) in [6, 6.07) is 2.06. The van der Waals surface area contributed by atoms with Gasteiger partial charge in [-0.2, -0.15) is 0 Å².